The number of rotatable bonds is 6. The fourth-order valence-electron chi connectivity index (χ4n) is 4.59. The van der Waals surface area contributed by atoms with Crippen LogP contribution in [0.3, 0.4) is 0 Å². The van der Waals surface area contributed by atoms with Gasteiger partial charge >= 0.3 is 0 Å². The maximum Gasteiger partial charge on any atom is 0.227 e. The largest absolute Gasteiger partial charge is 0.611 e. The van der Waals surface area contributed by atoms with E-state index in [9.17, 15) is 9.66 Å². The maximum atomic E-state index is 12.6. The number of benzene rings is 1. The molecule has 2 N–H and O–H groups in total. The molecule has 0 bridgehead atoms. The van der Waals surface area contributed by atoms with E-state index in [1.807, 2.05) is 18.2 Å². The summed E-state index contributed by atoms with van der Waals surface area (Å²) in [4.78, 5) is 12.5. The number of anilines is 2. The molecule has 0 amide bonds. The predicted octanol–water partition coefficient (Wildman–Crippen LogP) is 3.70. The second-order valence-corrected chi connectivity index (χ2v) is 10.6. The van der Waals surface area contributed by atoms with Crippen molar-refractivity contribution in [2.45, 2.75) is 50.0 Å². The molecule has 2 aliphatic heterocycles. The van der Waals surface area contributed by atoms with Crippen LogP contribution in [0.2, 0.25) is 0 Å². The third kappa shape index (κ3) is 4.07. The van der Waals surface area contributed by atoms with E-state index in [1.165, 1.54) is 0 Å². The second kappa shape index (κ2) is 8.92. The predicted molar refractivity (Wildman–Crippen MR) is 127 cm³/mol. The molecule has 1 saturated heterocycles. The van der Waals surface area contributed by atoms with Gasteiger partial charge < -0.3 is 24.3 Å². The number of piperidine rings is 1. The summed E-state index contributed by atoms with van der Waals surface area (Å²) in [5.74, 6) is 3.56. The van der Waals surface area contributed by atoms with E-state index in [0.29, 0.717) is 34.8 Å². The molecule has 4 heterocycles. The Morgan fingerprint density at radius 2 is 2.03 bits per heavy atom. The molecular formula is C24H30N4O3S. The van der Waals surface area contributed by atoms with Crippen LogP contribution in [-0.2, 0) is 17.6 Å². The molecular weight excluding hydrogens is 424 g/mol. The lowest BCUT2D eigenvalue weighted by atomic mass is 9.94. The Balaban J connectivity index is 1.35. The van der Waals surface area contributed by atoms with Crippen molar-refractivity contribution >= 4 is 33.9 Å². The number of aromatic nitrogens is 2. The van der Waals surface area contributed by atoms with Crippen molar-refractivity contribution in [3.63, 3.8) is 0 Å². The van der Waals surface area contributed by atoms with Gasteiger partial charge in [0.25, 0.3) is 0 Å². The minimum absolute atomic E-state index is 0.00130. The van der Waals surface area contributed by atoms with Gasteiger partial charge in [-0.2, -0.15) is 4.98 Å². The van der Waals surface area contributed by atoms with Crippen molar-refractivity contribution in [2.24, 2.45) is 5.92 Å². The normalized spacial score (nSPS) is 20.2. The molecule has 0 radical (unpaired) electrons. The quantitative estimate of drug-likeness (QED) is 0.548. The number of furan rings is 1. The highest BCUT2D eigenvalue weighted by molar-refractivity contribution is 7.91. The number of nitrogens with zero attached hydrogens (tertiary/aromatic N) is 3. The third-order valence-electron chi connectivity index (χ3n) is 6.62. The highest BCUT2D eigenvalue weighted by Gasteiger charge is 2.34. The first-order valence-corrected chi connectivity index (χ1v) is 12.8. The summed E-state index contributed by atoms with van der Waals surface area (Å²) in [5, 5.41) is 14.3. The summed E-state index contributed by atoms with van der Waals surface area (Å²) < 4.78 is 18.7. The Morgan fingerprint density at radius 1 is 1.25 bits per heavy atom. The monoisotopic (exact) mass is 454 g/mol. The summed E-state index contributed by atoms with van der Waals surface area (Å²) >= 11 is -1.09. The van der Waals surface area contributed by atoms with Crippen LogP contribution in [-0.4, -0.2) is 51.1 Å². The minimum Gasteiger partial charge on any atom is -0.611 e. The Morgan fingerprint density at radius 3 is 2.75 bits per heavy atom. The van der Waals surface area contributed by atoms with Crippen molar-refractivity contribution in [3.05, 3.63) is 41.8 Å². The molecule has 5 rings (SSSR count). The molecule has 3 aromatic rings. The number of aliphatic hydroxyl groups excluding tert-OH is 1. The van der Waals surface area contributed by atoms with Crippen LogP contribution in [0.4, 0.5) is 11.8 Å². The van der Waals surface area contributed by atoms with Crippen LogP contribution >= 0.6 is 0 Å². The lowest BCUT2D eigenvalue weighted by molar-refractivity contribution is 0.248. The van der Waals surface area contributed by atoms with E-state index in [0.717, 1.165) is 48.4 Å². The SMILES string of the molecule is CC(C)[C@H](CO)Nc1nc(N2CCC(c3cc4ccccc4o3)CC2)nc2c1[S+]([O-])CC2. The van der Waals surface area contributed by atoms with Gasteiger partial charge in [0.15, 0.2) is 5.82 Å². The van der Waals surface area contributed by atoms with E-state index < -0.39 is 11.2 Å². The zero-order valence-corrected chi connectivity index (χ0v) is 19.4. The van der Waals surface area contributed by atoms with E-state index in [2.05, 4.69) is 36.2 Å². The van der Waals surface area contributed by atoms with Gasteiger partial charge in [-0.15, -0.1) is 0 Å². The molecule has 1 fully saturated rings. The van der Waals surface area contributed by atoms with Gasteiger partial charge in [0.05, 0.1) is 12.6 Å². The van der Waals surface area contributed by atoms with Gasteiger partial charge in [-0.1, -0.05) is 32.0 Å². The van der Waals surface area contributed by atoms with Gasteiger partial charge in [-0.3, -0.25) is 0 Å². The average Bonchev–Trinajstić information content (AvgIpc) is 3.41. The first-order valence-electron chi connectivity index (χ1n) is 11.4. The van der Waals surface area contributed by atoms with E-state index >= 15 is 0 Å². The molecule has 2 aromatic heterocycles. The molecule has 7 nitrogen and oxygen atoms in total. The molecule has 170 valence electrons. The summed E-state index contributed by atoms with van der Waals surface area (Å²) in [5.41, 5.74) is 1.81. The van der Waals surface area contributed by atoms with Gasteiger partial charge in [0.2, 0.25) is 10.8 Å². The first kappa shape index (κ1) is 21.6. The number of para-hydroxylation sites is 1. The molecule has 1 aromatic carbocycles. The summed E-state index contributed by atoms with van der Waals surface area (Å²) in [6.07, 6.45) is 2.65. The molecule has 1 unspecified atom stereocenters. The van der Waals surface area contributed by atoms with E-state index in [-0.39, 0.29) is 18.6 Å². The smallest absolute Gasteiger partial charge is 0.227 e. The fourth-order valence-corrected chi connectivity index (χ4v) is 5.90. The van der Waals surface area contributed by atoms with Crippen LogP contribution in [0.25, 0.3) is 11.0 Å². The average molecular weight is 455 g/mol. The number of nitrogens with one attached hydrogen (secondary N) is 1. The Hall–Kier alpha value is -2.29. The Labute approximate surface area is 191 Å². The number of aryl methyl sites for hydroxylation is 1. The highest BCUT2D eigenvalue weighted by Crippen LogP contribution is 2.36. The molecule has 0 aliphatic carbocycles. The maximum absolute atomic E-state index is 12.6. The molecule has 32 heavy (non-hydrogen) atoms. The number of hydrogen-bond acceptors (Lipinski definition) is 7. The van der Waals surface area contributed by atoms with Gasteiger partial charge in [-0.05, 0) is 42.1 Å². The van der Waals surface area contributed by atoms with Gasteiger partial charge in [0.1, 0.15) is 22.8 Å². The fraction of sp³-hybridized carbons (Fsp3) is 0.500. The summed E-state index contributed by atoms with van der Waals surface area (Å²) in [6, 6.07) is 10.2. The number of fused-ring (bicyclic) bond motifs is 2. The van der Waals surface area contributed by atoms with Crippen LogP contribution < -0.4 is 10.2 Å². The Kier molecular flexibility index (Phi) is 6.01. The van der Waals surface area contributed by atoms with Crippen LogP contribution in [0.1, 0.15) is 44.1 Å². The lowest BCUT2D eigenvalue weighted by Crippen LogP contribution is -2.35. The highest BCUT2D eigenvalue weighted by atomic mass is 32.2. The van der Waals surface area contributed by atoms with Gasteiger partial charge in [0, 0.05) is 30.8 Å². The lowest BCUT2D eigenvalue weighted by Gasteiger charge is -2.31. The van der Waals surface area contributed by atoms with Crippen molar-refractivity contribution in [3.8, 4) is 0 Å². The molecule has 2 aliphatic rings. The summed E-state index contributed by atoms with van der Waals surface area (Å²) in [7, 11) is 0. The number of hydrogen-bond donors (Lipinski definition) is 2. The van der Waals surface area contributed by atoms with Crippen LogP contribution in [0.15, 0.2) is 39.6 Å². The first-order chi connectivity index (χ1) is 15.5. The van der Waals surface area contributed by atoms with Crippen LogP contribution in [0, 0.1) is 5.92 Å². The molecule has 0 spiro atoms. The van der Waals surface area contributed by atoms with E-state index in [4.69, 9.17) is 14.4 Å². The zero-order chi connectivity index (χ0) is 22.2. The van der Waals surface area contributed by atoms with E-state index in [1.54, 1.807) is 0 Å². The topological polar surface area (TPSA) is 97.5 Å². The zero-order valence-electron chi connectivity index (χ0n) is 18.6. The number of aliphatic hydroxyl groups is 1. The molecule has 2 atom stereocenters. The molecule has 8 heteroatoms. The van der Waals surface area contributed by atoms with Crippen molar-refractivity contribution in [1.82, 2.24) is 9.97 Å². The Bertz CT molecular complexity index is 1060. The summed E-state index contributed by atoms with van der Waals surface area (Å²) in [6.45, 7) is 5.79. The van der Waals surface area contributed by atoms with Gasteiger partial charge in [-0.25, -0.2) is 4.98 Å². The van der Waals surface area contributed by atoms with Crippen molar-refractivity contribution in [2.75, 3.05) is 35.7 Å². The van der Waals surface area contributed by atoms with Crippen molar-refractivity contribution in [1.29, 1.82) is 0 Å². The second-order valence-electron chi connectivity index (χ2n) is 9.07. The molecule has 0 saturated carbocycles. The standard InChI is InChI=1S/C24H30N4O3S/c1-15(2)19(14-29)25-23-22-18(9-12-32(22)30)26-24(27-23)28-10-7-16(8-11-28)21-13-17-5-3-4-6-20(17)31-21/h3-6,13,15-16,19,29H,7-12,14H2,1-2H3,(H,25,26,27)/t19-,32?/m0/s1. The van der Waals surface area contributed by atoms with Crippen molar-refractivity contribution < 1.29 is 14.1 Å². The minimum atomic E-state index is -1.09. The van der Waals surface area contributed by atoms with Crippen LogP contribution in [0.5, 0.6) is 0 Å². The third-order valence-corrected chi connectivity index (χ3v) is 8.08.